The van der Waals surface area contributed by atoms with Crippen molar-refractivity contribution in [3.05, 3.63) is 274 Å². The summed E-state index contributed by atoms with van der Waals surface area (Å²) in [7, 11) is 0. The highest BCUT2D eigenvalue weighted by Gasteiger charge is 2.26. The number of benzene rings is 6. The van der Waals surface area contributed by atoms with Crippen molar-refractivity contribution in [2.24, 2.45) is 0 Å². The minimum absolute atomic E-state index is 0.0532. The summed E-state index contributed by atoms with van der Waals surface area (Å²) in [5.41, 5.74) is 32.5. The molecule has 6 aromatic heterocycles. The molecule has 0 amide bonds. The third-order valence-corrected chi connectivity index (χ3v) is 20.0. The molecule has 0 unspecified atom stereocenters. The number of aromatic nitrogens is 8. The zero-order valence-electron chi connectivity index (χ0n) is 59.0. The van der Waals surface area contributed by atoms with Crippen molar-refractivity contribution in [2.75, 3.05) is 0 Å². The second-order valence-electron chi connectivity index (χ2n) is 31.0. The van der Waals surface area contributed by atoms with Crippen LogP contribution in [-0.4, -0.2) is 39.9 Å². The Kier molecular flexibility index (Phi) is 15.3. The van der Waals surface area contributed by atoms with Crippen LogP contribution in [0.1, 0.15) is 151 Å². The molecule has 4 aliphatic heterocycles. The first-order valence-electron chi connectivity index (χ1n) is 34.9. The molecule has 8 nitrogen and oxygen atoms in total. The number of aromatic amines is 4. The lowest BCUT2D eigenvalue weighted by Gasteiger charge is -2.19. The minimum Gasteiger partial charge on any atom is -0.354 e. The fourth-order valence-corrected chi connectivity index (χ4v) is 14.5. The first kappa shape index (κ1) is 63.3. The van der Waals surface area contributed by atoms with E-state index in [9.17, 15) is 0 Å². The van der Waals surface area contributed by atoms with Crippen LogP contribution in [0.15, 0.2) is 206 Å². The summed E-state index contributed by atoms with van der Waals surface area (Å²) in [6.45, 7) is 27.2. The van der Waals surface area contributed by atoms with Crippen LogP contribution in [-0.2, 0) is 21.7 Å². The Morgan fingerprint density at radius 2 is 0.340 bits per heavy atom. The summed E-state index contributed by atoms with van der Waals surface area (Å²) in [6.07, 6.45) is 17.5. The Labute approximate surface area is 585 Å². The lowest BCUT2D eigenvalue weighted by atomic mass is 9.86. The van der Waals surface area contributed by atoms with Crippen LogP contribution in [0.4, 0.5) is 0 Å². The summed E-state index contributed by atoms with van der Waals surface area (Å²) in [4.78, 5) is 39.4. The SMILES string of the molecule is CC(C)(C)c1ccc(-c2c3nc(c(-c4c5nc(c(-c6ccc(C(C)(C)C)cc6)c6ccc([nH]6)c(-c6ccccc6)c6nc(c(-c7ccc(C(C)(C)C)cc7)c7ccc4[nH]7)C=C6)C=C5)c4ccc([nH]4)c(-c4ccc(C(C)(C)C)cc4)c4nc(c(-c5ccccc5)c5ccc2[nH]5)C=C4)C=C3)cc1. The molecule has 8 heteroatoms. The highest BCUT2D eigenvalue weighted by Crippen LogP contribution is 2.45. The van der Waals surface area contributed by atoms with Crippen molar-refractivity contribution in [3.63, 3.8) is 0 Å². The third kappa shape index (κ3) is 11.7. The van der Waals surface area contributed by atoms with Gasteiger partial charge in [0.25, 0.3) is 0 Å². The number of hydrogen-bond acceptors (Lipinski definition) is 4. The zero-order chi connectivity index (χ0) is 69.0. The van der Waals surface area contributed by atoms with Crippen LogP contribution in [0, 0.1) is 0 Å². The molecular formula is C92H82N8. The number of nitrogens with one attached hydrogen (secondary N) is 4. The van der Waals surface area contributed by atoms with Gasteiger partial charge in [0, 0.05) is 88.6 Å². The van der Waals surface area contributed by atoms with Crippen molar-refractivity contribution < 1.29 is 0 Å². The predicted octanol–water partition coefficient (Wildman–Crippen LogP) is 24.5. The van der Waals surface area contributed by atoms with Gasteiger partial charge in [-0.15, -0.1) is 0 Å². The average molecular weight is 1300 g/mol. The molecule has 100 heavy (non-hydrogen) atoms. The van der Waals surface area contributed by atoms with Crippen molar-refractivity contribution in [1.82, 2.24) is 39.9 Å². The van der Waals surface area contributed by atoms with E-state index in [1.54, 1.807) is 0 Å². The molecule has 0 spiro atoms. The van der Waals surface area contributed by atoms with Gasteiger partial charge in [-0.25, -0.2) is 19.9 Å². The Morgan fingerprint density at radius 1 is 0.180 bits per heavy atom. The standard InChI is InChI=1S/C92H82N8/c1-89(2,3)61-31-23-57(24-32-61)83-69-43-39-65(93-69)81(55-19-15-13-16-20-55)66-40-44-70(94-66)84(58-25-33-62(34-26-58)90(4,5)6)74-48-52-78(98-74)87(77-51-47-73(83)97-77)88-79-53-49-75(99-79)85(59-27-35-63(36-28-59)91(7,8)9)71-45-41-67(95-71)82(56-21-17-14-18-22-56)68-42-46-72(96-68)86(76-50-54-80(88)100-76)60-29-37-64(38-30-60)92(10,11)12/h13-54,93,95,98,100H,1-12H3. The quantitative estimate of drug-likeness (QED) is 0.127. The first-order chi connectivity index (χ1) is 48.1. The van der Waals surface area contributed by atoms with Crippen LogP contribution in [0.3, 0.4) is 0 Å². The Hall–Kier alpha value is -11.5. The van der Waals surface area contributed by atoms with Gasteiger partial charge in [-0.2, -0.15) is 0 Å². The van der Waals surface area contributed by atoms with Gasteiger partial charge in [-0.1, -0.05) is 241 Å². The number of rotatable bonds is 7. The highest BCUT2D eigenvalue weighted by atomic mass is 14.8. The summed E-state index contributed by atoms with van der Waals surface area (Å²) in [6, 6.07) is 75.1. The van der Waals surface area contributed by atoms with E-state index in [2.05, 4.69) is 358 Å². The molecule has 16 rings (SSSR count). The molecule has 0 saturated carbocycles. The van der Waals surface area contributed by atoms with Crippen LogP contribution in [0.2, 0.25) is 0 Å². The van der Waals surface area contributed by atoms with E-state index in [1.807, 2.05) is 0 Å². The third-order valence-electron chi connectivity index (χ3n) is 20.0. The van der Waals surface area contributed by atoms with E-state index in [0.29, 0.717) is 0 Å². The summed E-state index contributed by atoms with van der Waals surface area (Å²) in [5, 5.41) is 0. The fraction of sp³-hybridized carbons (Fsp3) is 0.174. The second-order valence-corrected chi connectivity index (χ2v) is 31.0. The van der Waals surface area contributed by atoms with Gasteiger partial charge in [0.15, 0.2) is 0 Å². The molecule has 0 atom stereocenters. The number of fused-ring (bicyclic) bond motifs is 16. The summed E-state index contributed by atoms with van der Waals surface area (Å²) in [5.74, 6) is 0. The van der Waals surface area contributed by atoms with Gasteiger partial charge in [0.05, 0.1) is 45.6 Å². The van der Waals surface area contributed by atoms with Crippen molar-refractivity contribution >= 4 is 92.7 Å². The molecule has 490 valence electrons. The van der Waals surface area contributed by atoms with Gasteiger partial charge >= 0.3 is 0 Å². The van der Waals surface area contributed by atoms with Crippen LogP contribution >= 0.6 is 0 Å². The second kappa shape index (κ2) is 24.2. The first-order valence-corrected chi connectivity index (χ1v) is 34.9. The maximum atomic E-state index is 5.92. The molecule has 0 fully saturated rings. The Morgan fingerprint density at radius 3 is 0.520 bits per heavy atom. The molecule has 4 aliphatic rings. The van der Waals surface area contributed by atoms with Gasteiger partial charge in [-0.3, -0.25) is 0 Å². The van der Waals surface area contributed by atoms with Crippen LogP contribution < -0.4 is 0 Å². The predicted molar refractivity (Wildman–Crippen MR) is 424 cm³/mol. The van der Waals surface area contributed by atoms with E-state index in [4.69, 9.17) is 19.9 Å². The molecule has 12 aromatic rings. The fourth-order valence-electron chi connectivity index (χ4n) is 14.5. The van der Waals surface area contributed by atoms with Gasteiger partial charge in [0.2, 0.25) is 0 Å². The molecular weight excluding hydrogens is 1220 g/mol. The lowest BCUT2D eigenvalue weighted by Crippen LogP contribution is -2.10. The summed E-state index contributed by atoms with van der Waals surface area (Å²) >= 11 is 0. The summed E-state index contributed by atoms with van der Waals surface area (Å²) < 4.78 is 0. The Balaban J connectivity index is 1.08. The van der Waals surface area contributed by atoms with Crippen molar-refractivity contribution in [1.29, 1.82) is 0 Å². The maximum absolute atomic E-state index is 5.92. The molecule has 0 aliphatic carbocycles. The minimum atomic E-state index is -0.0532. The Bertz CT molecular complexity index is 5270. The molecule has 4 N–H and O–H groups in total. The van der Waals surface area contributed by atoms with Gasteiger partial charge in [-0.05, 0) is 174 Å². The molecule has 16 bridgehead atoms. The average Bonchev–Trinajstić information content (AvgIpc) is 1.59. The molecule has 6 aromatic carbocycles. The van der Waals surface area contributed by atoms with E-state index in [-0.39, 0.29) is 21.7 Å². The maximum Gasteiger partial charge on any atom is 0.0738 e. The van der Waals surface area contributed by atoms with Gasteiger partial charge < -0.3 is 19.9 Å². The van der Waals surface area contributed by atoms with E-state index in [0.717, 1.165) is 168 Å². The normalized spacial score (nSPS) is 13.0. The highest BCUT2D eigenvalue weighted by molar-refractivity contribution is 6.06. The van der Waals surface area contributed by atoms with Crippen LogP contribution in [0.25, 0.3) is 171 Å². The van der Waals surface area contributed by atoms with E-state index < -0.39 is 0 Å². The number of H-pyrrole nitrogens is 4. The van der Waals surface area contributed by atoms with E-state index in [1.165, 1.54) is 22.3 Å². The number of nitrogens with zero attached hydrogens (tertiary/aromatic N) is 4. The largest absolute Gasteiger partial charge is 0.354 e. The van der Waals surface area contributed by atoms with Crippen molar-refractivity contribution in [2.45, 2.75) is 105 Å². The smallest absolute Gasteiger partial charge is 0.0738 e. The number of hydrogen-bond donors (Lipinski definition) is 4. The molecule has 0 saturated heterocycles. The van der Waals surface area contributed by atoms with E-state index >= 15 is 0 Å². The monoisotopic (exact) mass is 1300 g/mol. The van der Waals surface area contributed by atoms with Crippen molar-refractivity contribution in [3.8, 4) is 77.9 Å². The zero-order valence-corrected chi connectivity index (χ0v) is 59.0. The lowest BCUT2D eigenvalue weighted by molar-refractivity contribution is 0.590. The topological polar surface area (TPSA) is 115 Å². The van der Waals surface area contributed by atoms with Gasteiger partial charge in [0.1, 0.15) is 0 Å². The van der Waals surface area contributed by atoms with Crippen LogP contribution in [0.5, 0.6) is 0 Å². The molecule has 0 radical (unpaired) electrons. The molecule has 10 heterocycles.